The molecule has 0 amide bonds. The zero-order valence-electron chi connectivity index (χ0n) is 9.76. The van der Waals surface area contributed by atoms with E-state index in [4.69, 9.17) is 0 Å². The minimum absolute atomic E-state index is 0.226. The third-order valence-electron chi connectivity index (χ3n) is 2.93. The van der Waals surface area contributed by atoms with E-state index in [0.29, 0.717) is 0 Å². The summed E-state index contributed by atoms with van der Waals surface area (Å²) in [5, 5.41) is 10.3. The zero-order chi connectivity index (χ0) is 10.9. The Balaban J connectivity index is 3.18. The molecule has 0 aliphatic rings. The third kappa shape index (κ3) is 2.16. The minimum Gasteiger partial charge on any atom is -0.385 e. The Labute approximate surface area is 86.8 Å². The molecule has 0 heterocycles. The molecule has 78 valence electrons. The van der Waals surface area contributed by atoms with Crippen LogP contribution < -0.4 is 0 Å². The number of hydrogen-bond acceptors (Lipinski definition) is 1. The molecule has 1 rings (SSSR count). The van der Waals surface area contributed by atoms with Gasteiger partial charge < -0.3 is 5.11 Å². The third-order valence-corrected chi connectivity index (χ3v) is 2.93. The van der Waals surface area contributed by atoms with E-state index in [9.17, 15) is 5.11 Å². The summed E-state index contributed by atoms with van der Waals surface area (Å²) in [6.07, 6.45) is 0. The van der Waals surface area contributed by atoms with Gasteiger partial charge in [-0.3, -0.25) is 0 Å². The molecule has 0 radical (unpaired) electrons. The fourth-order valence-corrected chi connectivity index (χ4v) is 1.60. The molecule has 1 aromatic carbocycles. The first-order chi connectivity index (χ1) is 6.34. The van der Waals surface area contributed by atoms with Crippen molar-refractivity contribution in [2.24, 2.45) is 5.92 Å². The van der Waals surface area contributed by atoms with Crippen molar-refractivity contribution in [1.82, 2.24) is 0 Å². The van der Waals surface area contributed by atoms with Crippen LogP contribution in [0.4, 0.5) is 0 Å². The first kappa shape index (κ1) is 11.3. The van der Waals surface area contributed by atoms with Crippen molar-refractivity contribution in [3.05, 3.63) is 34.9 Å². The van der Waals surface area contributed by atoms with Gasteiger partial charge >= 0.3 is 0 Å². The van der Waals surface area contributed by atoms with Crippen molar-refractivity contribution in [2.45, 2.75) is 40.2 Å². The Hall–Kier alpha value is -0.820. The summed E-state index contributed by atoms with van der Waals surface area (Å²) < 4.78 is 0. The molecule has 14 heavy (non-hydrogen) atoms. The highest BCUT2D eigenvalue weighted by molar-refractivity contribution is 5.32. The number of hydrogen-bond donors (Lipinski definition) is 1. The van der Waals surface area contributed by atoms with Crippen molar-refractivity contribution in [1.29, 1.82) is 0 Å². The van der Waals surface area contributed by atoms with Crippen LogP contribution >= 0.6 is 0 Å². The highest BCUT2D eigenvalue weighted by atomic mass is 16.3. The first-order valence-corrected chi connectivity index (χ1v) is 5.15. The molecule has 1 atom stereocenters. The Morgan fingerprint density at radius 2 is 1.50 bits per heavy atom. The molecule has 0 aliphatic carbocycles. The second kappa shape index (κ2) is 3.74. The van der Waals surface area contributed by atoms with Gasteiger partial charge in [0, 0.05) is 0 Å². The lowest BCUT2D eigenvalue weighted by Gasteiger charge is -2.29. The van der Waals surface area contributed by atoms with E-state index < -0.39 is 5.60 Å². The summed E-state index contributed by atoms with van der Waals surface area (Å²) in [5.41, 5.74) is 2.71. The lowest BCUT2D eigenvalue weighted by molar-refractivity contribution is 0.00895. The quantitative estimate of drug-likeness (QED) is 0.763. The van der Waals surface area contributed by atoms with Crippen LogP contribution in [-0.4, -0.2) is 5.11 Å². The van der Waals surface area contributed by atoms with Crippen LogP contribution in [0.5, 0.6) is 0 Å². The van der Waals surface area contributed by atoms with Gasteiger partial charge in [0.1, 0.15) is 0 Å². The molecule has 0 aromatic heterocycles. The number of rotatable bonds is 2. The molecule has 0 unspecified atom stereocenters. The van der Waals surface area contributed by atoms with Gasteiger partial charge in [-0.15, -0.1) is 0 Å². The van der Waals surface area contributed by atoms with Crippen LogP contribution in [0.15, 0.2) is 18.2 Å². The molecular weight excluding hydrogens is 172 g/mol. The van der Waals surface area contributed by atoms with E-state index in [1.165, 1.54) is 11.1 Å². The predicted octanol–water partition coefficient (Wildman–Crippen LogP) is 3.17. The summed E-state index contributed by atoms with van der Waals surface area (Å²) in [7, 11) is 0. The monoisotopic (exact) mass is 192 g/mol. The second-order valence-electron chi connectivity index (χ2n) is 4.68. The van der Waals surface area contributed by atoms with Crippen molar-refractivity contribution in [3.63, 3.8) is 0 Å². The second-order valence-corrected chi connectivity index (χ2v) is 4.68. The molecule has 0 aliphatic heterocycles. The molecule has 0 saturated heterocycles. The average Bonchev–Trinajstić information content (AvgIpc) is 2.01. The summed E-state index contributed by atoms with van der Waals surface area (Å²) in [6.45, 7) is 10.1. The first-order valence-electron chi connectivity index (χ1n) is 5.15. The normalized spacial score (nSPS) is 15.6. The summed E-state index contributed by atoms with van der Waals surface area (Å²) >= 11 is 0. The molecule has 1 heteroatoms. The van der Waals surface area contributed by atoms with Gasteiger partial charge in [-0.25, -0.2) is 0 Å². The van der Waals surface area contributed by atoms with Gasteiger partial charge in [0.2, 0.25) is 0 Å². The van der Waals surface area contributed by atoms with Gasteiger partial charge in [0.05, 0.1) is 5.60 Å². The Kier molecular flexibility index (Phi) is 3.01. The molecule has 1 N–H and O–H groups in total. The minimum atomic E-state index is -0.725. The van der Waals surface area contributed by atoms with Crippen LogP contribution in [0.25, 0.3) is 0 Å². The lowest BCUT2D eigenvalue weighted by atomic mass is 9.84. The molecule has 0 spiro atoms. The largest absolute Gasteiger partial charge is 0.385 e. The highest BCUT2D eigenvalue weighted by Gasteiger charge is 2.27. The maximum Gasteiger partial charge on any atom is 0.0891 e. The number of benzene rings is 1. The fraction of sp³-hybridized carbons (Fsp3) is 0.538. The van der Waals surface area contributed by atoms with E-state index >= 15 is 0 Å². The molecule has 0 fully saturated rings. The average molecular weight is 192 g/mol. The molecule has 0 saturated carbocycles. The molecular formula is C13H20O. The van der Waals surface area contributed by atoms with Crippen LogP contribution in [0.2, 0.25) is 0 Å². The SMILES string of the molecule is Cc1cc(C)cc([C@](C)(O)C(C)C)c1. The smallest absolute Gasteiger partial charge is 0.0891 e. The van der Waals surface area contributed by atoms with Crippen LogP contribution in [-0.2, 0) is 5.60 Å². The van der Waals surface area contributed by atoms with Crippen LogP contribution in [0.1, 0.15) is 37.5 Å². The predicted molar refractivity (Wildman–Crippen MR) is 60.3 cm³/mol. The highest BCUT2D eigenvalue weighted by Crippen LogP contribution is 2.29. The summed E-state index contributed by atoms with van der Waals surface area (Å²) in [6, 6.07) is 6.25. The van der Waals surface area contributed by atoms with Gasteiger partial charge in [-0.05, 0) is 32.3 Å². The van der Waals surface area contributed by atoms with Crippen molar-refractivity contribution in [3.8, 4) is 0 Å². The topological polar surface area (TPSA) is 20.2 Å². The van der Waals surface area contributed by atoms with E-state index in [1.54, 1.807) is 0 Å². The van der Waals surface area contributed by atoms with Gasteiger partial charge in [-0.1, -0.05) is 43.2 Å². The Morgan fingerprint density at radius 3 is 1.86 bits per heavy atom. The zero-order valence-corrected chi connectivity index (χ0v) is 9.76. The molecule has 0 bridgehead atoms. The van der Waals surface area contributed by atoms with Gasteiger partial charge in [0.25, 0.3) is 0 Å². The van der Waals surface area contributed by atoms with E-state index in [0.717, 1.165) is 5.56 Å². The van der Waals surface area contributed by atoms with Crippen molar-refractivity contribution < 1.29 is 5.11 Å². The summed E-state index contributed by atoms with van der Waals surface area (Å²) in [4.78, 5) is 0. The van der Waals surface area contributed by atoms with Crippen molar-refractivity contribution >= 4 is 0 Å². The van der Waals surface area contributed by atoms with E-state index in [2.05, 4.69) is 32.0 Å². The number of aliphatic hydroxyl groups is 1. The number of aryl methyl sites for hydroxylation is 2. The maximum absolute atomic E-state index is 10.3. The Bertz CT molecular complexity index is 304. The van der Waals surface area contributed by atoms with Gasteiger partial charge in [0.15, 0.2) is 0 Å². The summed E-state index contributed by atoms with van der Waals surface area (Å²) in [5.74, 6) is 0.226. The molecule has 1 aromatic rings. The molecule has 1 nitrogen and oxygen atoms in total. The lowest BCUT2D eigenvalue weighted by Crippen LogP contribution is -2.28. The Morgan fingerprint density at radius 1 is 1.07 bits per heavy atom. The standard InChI is InChI=1S/C13H20O/c1-9(2)13(5,14)12-7-10(3)6-11(4)8-12/h6-9,14H,1-5H3/t13-/m1/s1. The maximum atomic E-state index is 10.3. The van der Waals surface area contributed by atoms with E-state index in [1.807, 2.05) is 20.8 Å². The van der Waals surface area contributed by atoms with Crippen molar-refractivity contribution in [2.75, 3.05) is 0 Å². The van der Waals surface area contributed by atoms with Crippen LogP contribution in [0, 0.1) is 19.8 Å². The van der Waals surface area contributed by atoms with Gasteiger partial charge in [-0.2, -0.15) is 0 Å². The van der Waals surface area contributed by atoms with Crippen LogP contribution in [0.3, 0.4) is 0 Å². The van der Waals surface area contributed by atoms with E-state index in [-0.39, 0.29) is 5.92 Å². The fourth-order valence-electron chi connectivity index (χ4n) is 1.60.